The zero-order valence-corrected chi connectivity index (χ0v) is 21.8. The van der Waals surface area contributed by atoms with E-state index in [9.17, 15) is 23.5 Å². The molecule has 2 aromatic carbocycles. The monoisotopic (exact) mass is 533 g/mol. The molecule has 198 valence electrons. The Morgan fingerprint density at radius 1 is 1.08 bits per heavy atom. The van der Waals surface area contributed by atoms with Crippen molar-refractivity contribution in [2.45, 2.75) is 52.1 Å². The number of amides is 1. The Morgan fingerprint density at radius 3 is 2.32 bits per heavy atom. The number of carbonyl (C=O) groups excluding carboxylic acids is 1. The van der Waals surface area contributed by atoms with Crippen molar-refractivity contribution >= 4 is 29.2 Å². The summed E-state index contributed by atoms with van der Waals surface area (Å²) < 4.78 is 38.2. The number of halogens is 3. The lowest BCUT2D eigenvalue weighted by molar-refractivity contribution is -0.133. The second-order valence-corrected chi connectivity index (χ2v) is 11.0. The first kappa shape index (κ1) is 26.9. The fraction of sp³-hybridized carbons (Fsp3) is 0.429. The van der Waals surface area contributed by atoms with Gasteiger partial charge in [0.25, 0.3) is 0 Å². The maximum Gasteiger partial charge on any atom is 0.410 e. The molecule has 9 heteroatoms. The van der Waals surface area contributed by atoms with Crippen molar-refractivity contribution in [1.82, 2.24) is 4.90 Å². The van der Waals surface area contributed by atoms with Gasteiger partial charge in [-0.15, -0.1) is 0 Å². The Labute approximate surface area is 219 Å². The summed E-state index contributed by atoms with van der Waals surface area (Å²) in [4.78, 5) is 26.4. The number of aryl methyl sites for hydroxylation is 1. The second-order valence-electron chi connectivity index (χ2n) is 10.6. The highest BCUT2D eigenvalue weighted by atomic mass is 35.5. The van der Waals surface area contributed by atoms with Gasteiger partial charge in [-0.2, -0.15) is 0 Å². The van der Waals surface area contributed by atoms with E-state index in [1.165, 1.54) is 4.90 Å². The molecule has 37 heavy (non-hydrogen) atoms. The van der Waals surface area contributed by atoms with Gasteiger partial charge in [0, 0.05) is 12.0 Å². The van der Waals surface area contributed by atoms with Gasteiger partial charge in [0.1, 0.15) is 16.4 Å². The number of ether oxygens (including phenoxy) is 2. The molecule has 1 heterocycles. The molecule has 0 saturated heterocycles. The molecule has 1 amide bonds. The fourth-order valence-electron chi connectivity index (χ4n) is 4.69. The SMILES string of the molecule is CC(C)(C)OC(=O)N1CC(C(=O)O)=C(c2ccc(CCCOc3c(F)ccc(F)c3Cl)cc2)C2(CC2)C1. The van der Waals surface area contributed by atoms with Gasteiger partial charge in [-0.05, 0) is 75.3 Å². The molecule has 1 spiro atoms. The van der Waals surface area contributed by atoms with E-state index in [1.807, 2.05) is 24.3 Å². The maximum atomic E-state index is 13.8. The maximum absolute atomic E-state index is 13.8. The van der Waals surface area contributed by atoms with E-state index in [4.69, 9.17) is 21.1 Å². The van der Waals surface area contributed by atoms with E-state index >= 15 is 0 Å². The third-order valence-electron chi connectivity index (χ3n) is 6.54. The smallest absolute Gasteiger partial charge is 0.410 e. The fourth-order valence-corrected chi connectivity index (χ4v) is 4.90. The molecule has 1 saturated carbocycles. The minimum Gasteiger partial charge on any atom is -0.489 e. The van der Waals surface area contributed by atoms with Gasteiger partial charge in [0.05, 0.1) is 18.7 Å². The number of aliphatic carboxylic acids is 1. The largest absolute Gasteiger partial charge is 0.489 e. The van der Waals surface area contributed by atoms with Crippen LogP contribution in [0.25, 0.3) is 5.57 Å². The summed E-state index contributed by atoms with van der Waals surface area (Å²) in [5.74, 6) is -2.80. The quantitative estimate of drug-likeness (QED) is 0.325. The molecule has 0 aromatic heterocycles. The number of hydrogen-bond acceptors (Lipinski definition) is 4. The molecule has 1 aliphatic carbocycles. The molecule has 0 radical (unpaired) electrons. The molecule has 4 rings (SSSR count). The van der Waals surface area contributed by atoms with Crippen molar-refractivity contribution in [3.05, 3.63) is 69.8 Å². The van der Waals surface area contributed by atoms with Gasteiger partial charge >= 0.3 is 12.1 Å². The first-order chi connectivity index (χ1) is 17.4. The number of carboxylic acid groups (broad SMARTS) is 1. The number of hydrogen-bond donors (Lipinski definition) is 1. The highest BCUT2D eigenvalue weighted by Crippen LogP contribution is 2.59. The zero-order valence-electron chi connectivity index (χ0n) is 21.1. The topological polar surface area (TPSA) is 76.1 Å². The van der Waals surface area contributed by atoms with Crippen molar-refractivity contribution in [3.63, 3.8) is 0 Å². The molecule has 0 atom stereocenters. The predicted molar refractivity (Wildman–Crippen MR) is 136 cm³/mol. The average Bonchev–Trinajstić information content (AvgIpc) is 3.59. The molecule has 2 aromatic rings. The van der Waals surface area contributed by atoms with Crippen LogP contribution in [0.3, 0.4) is 0 Å². The third kappa shape index (κ3) is 6.06. The van der Waals surface area contributed by atoms with Crippen molar-refractivity contribution in [2.24, 2.45) is 5.41 Å². The van der Waals surface area contributed by atoms with Gasteiger partial charge in [-0.3, -0.25) is 0 Å². The molecule has 1 aliphatic heterocycles. The average molecular weight is 534 g/mol. The summed E-state index contributed by atoms with van der Waals surface area (Å²) in [5.41, 5.74) is 1.77. The van der Waals surface area contributed by atoms with Crippen LogP contribution in [0, 0.1) is 17.0 Å². The van der Waals surface area contributed by atoms with Gasteiger partial charge in [0.2, 0.25) is 0 Å². The van der Waals surface area contributed by atoms with E-state index in [0.29, 0.717) is 19.4 Å². The number of carboxylic acids is 1. The predicted octanol–water partition coefficient (Wildman–Crippen LogP) is 6.50. The minimum absolute atomic E-state index is 0.0143. The van der Waals surface area contributed by atoms with E-state index < -0.39 is 29.3 Å². The highest BCUT2D eigenvalue weighted by molar-refractivity contribution is 6.32. The van der Waals surface area contributed by atoms with Crippen LogP contribution in [-0.4, -0.2) is 47.4 Å². The summed E-state index contributed by atoms with van der Waals surface area (Å²) in [6, 6.07) is 9.58. The first-order valence-electron chi connectivity index (χ1n) is 12.2. The number of carbonyl (C=O) groups is 2. The van der Waals surface area contributed by atoms with Crippen LogP contribution in [0.1, 0.15) is 51.2 Å². The standard InChI is InChI=1S/C28H30ClF2NO5/c1-27(2,3)37-26(35)32-15-19(25(33)34)22(28(16-32)12-13-28)18-8-6-17(7-9-18)5-4-14-36-24-21(31)11-10-20(30)23(24)29/h6-11H,4-5,12-16H2,1-3H3,(H,33,34). The van der Waals surface area contributed by atoms with Crippen LogP contribution in [0.2, 0.25) is 5.02 Å². The van der Waals surface area contributed by atoms with Crippen LogP contribution in [0.5, 0.6) is 5.75 Å². The molecule has 0 unspecified atom stereocenters. The Morgan fingerprint density at radius 2 is 1.73 bits per heavy atom. The Bertz CT molecular complexity index is 1230. The molecule has 1 fully saturated rings. The Kier molecular flexibility index (Phi) is 7.51. The van der Waals surface area contributed by atoms with E-state index in [1.54, 1.807) is 20.8 Å². The lowest BCUT2D eigenvalue weighted by Crippen LogP contribution is -2.45. The van der Waals surface area contributed by atoms with E-state index in [-0.39, 0.29) is 34.9 Å². The highest BCUT2D eigenvalue weighted by Gasteiger charge is 2.53. The Balaban J connectivity index is 1.45. The zero-order chi connectivity index (χ0) is 27.0. The van der Waals surface area contributed by atoms with E-state index in [0.717, 1.165) is 41.7 Å². The minimum atomic E-state index is -1.04. The lowest BCUT2D eigenvalue weighted by atomic mass is 9.82. The lowest BCUT2D eigenvalue weighted by Gasteiger charge is -2.36. The van der Waals surface area contributed by atoms with Crippen molar-refractivity contribution in [2.75, 3.05) is 19.7 Å². The van der Waals surface area contributed by atoms with Gasteiger partial charge in [-0.25, -0.2) is 18.4 Å². The van der Waals surface area contributed by atoms with Crippen LogP contribution < -0.4 is 4.74 Å². The molecule has 1 N–H and O–H groups in total. The molecule has 6 nitrogen and oxygen atoms in total. The summed E-state index contributed by atoms with van der Waals surface area (Å²) in [6.45, 7) is 5.91. The normalized spacial score (nSPS) is 16.6. The number of benzene rings is 2. The van der Waals surface area contributed by atoms with Gasteiger partial charge < -0.3 is 19.5 Å². The molecule has 0 bridgehead atoms. The number of nitrogens with zero attached hydrogens (tertiary/aromatic N) is 1. The first-order valence-corrected chi connectivity index (χ1v) is 12.6. The van der Waals surface area contributed by atoms with Crippen LogP contribution in [0.15, 0.2) is 42.0 Å². The number of rotatable bonds is 7. The van der Waals surface area contributed by atoms with Gasteiger partial charge in [-0.1, -0.05) is 35.9 Å². The summed E-state index contributed by atoms with van der Waals surface area (Å²) >= 11 is 5.79. The van der Waals surface area contributed by atoms with Crippen molar-refractivity contribution in [1.29, 1.82) is 0 Å². The molecular weight excluding hydrogens is 504 g/mol. The van der Waals surface area contributed by atoms with Crippen molar-refractivity contribution in [3.8, 4) is 5.75 Å². The third-order valence-corrected chi connectivity index (χ3v) is 6.89. The van der Waals surface area contributed by atoms with Crippen LogP contribution in [0.4, 0.5) is 13.6 Å². The second kappa shape index (κ2) is 10.3. The summed E-state index contributed by atoms with van der Waals surface area (Å²) in [5, 5.41) is 9.62. The van der Waals surface area contributed by atoms with E-state index in [2.05, 4.69) is 0 Å². The van der Waals surface area contributed by atoms with Gasteiger partial charge in [0.15, 0.2) is 11.6 Å². The molecule has 2 aliphatic rings. The molecular formula is C28H30ClF2NO5. The summed E-state index contributed by atoms with van der Waals surface area (Å²) in [6.07, 6.45) is 2.27. The summed E-state index contributed by atoms with van der Waals surface area (Å²) in [7, 11) is 0. The van der Waals surface area contributed by atoms with Crippen molar-refractivity contribution < 1.29 is 33.0 Å². The van der Waals surface area contributed by atoms with Crippen LogP contribution in [-0.2, 0) is 16.0 Å². The van der Waals surface area contributed by atoms with Crippen LogP contribution >= 0.6 is 11.6 Å². The Hall–Kier alpha value is -3.13.